The molecular weight excluding hydrogens is 369 g/mol. The molecule has 1 unspecified atom stereocenters. The van der Waals surface area contributed by atoms with Crippen molar-refractivity contribution in [2.75, 3.05) is 18.9 Å². The van der Waals surface area contributed by atoms with Gasteiger partial charge in [-0.05, 0) is 0 Å². The number of nitrogens with zero attached hydrogens (tertiary/aromatic N) is 3. The minimum Gasteiger partial charge on any atom is -0.371 e. The van der Waals surface area contributed by atoms with Crippen LogP contribution < -0.4 is 11.3 Å². The van der Waals surface area contributed by atoms with Crippen LogP contribution in [0.5, 0.6) is 0 Å². The Morgan fingerprint density at radius 3 is 2.86 bits per heavy atom. The number of nitrogens with one attached hydrogen (secondary N) is 1. The molecule has 5 rings (SSSR count). The molecule has 2 saturated heterocycles. The summed E-state index contributed by atoms with van der Waals surface area (Å²) in [7, 11) is 0. The lowest BCUT2D eigenvalue weighted by Gasteiger charge is -2.44. The normalized spacial score (nSPS) is 30.2. The third-order valence-corrected chi connectivity index (χ3v) is 5.10. The predicted molar refractivity (Wildman–Crippen MR) is 96.2 cm³/mol. The molecule has 2 aliphatic rings. The van der Waals surface area contributed by atoms with Crippen LogP contribution in [0, 0.1) is 0 Å². The van der Waals surface area contributed by atoms with E-state index in [1.54, 1.807) is 0 Å². The summed E-state index contributed by atoms with van der Waals surface area (Å²) in [6.45, 7) is 0.303. The third-order valence-electron chi connectivity index (χ3n) is 5.10. The molecule has 2 fully saturated rings. The third kappa shape index (κ3) is 2.77. The Morgan fingerprint density at radius 1 is 1.21 bits per heavy atom. The van der Waals surface area contributed by atoms with Gasteiger partial charge >= 0.3 is 0 Å². The topological polar surface area (TPSA) is 117 Å². The lowest BCUT2D eigenvalue weighted by atomic mass is 9.98. The van der Waals surface area contributed by atoms with E-state index in [2.05, 4.69) is 15.0 Å². The van der Waals surface area contributed by atoms with Crippen molar-refractivity contribution in [3.05, 3.63) is 52.6 Å². The highest BCUT2D eigenvalue weighted by molar-refractivity contribution is 5.70. The summed E-state index contributed by atoms with van der Waals surface area (Å²) in [6, 6.07) is 8.59. The standard InChI is InChI=1S/C18H18FN5O4/c19-12-10(24-8-21-13-15(24)22-18(20)23-16(13)25)6-26-11-7-27-17(28-14(11)12)9-4-2-1-3-5-9/h1-5,8,10-12,14,17H,6-7H2,(H3,20,22,23,25)/t10-,11-,12+,14?,17-/m1/s1. The smallest absolute Gasteiger partial charge is 0.280 e. The number of hydrogen-bond donors (Lipinski definition) is 2. The Labute approximate surface area is 158 Å². The van der Waals surface area contributed by atoms with Crippen LogP contribution in [-0.2, 0) is 14.2 Å². The minimum absolute atomic E-state index is 0.0595. The molecule has 0 bridgehead atoms. The first-order chi connectivity index (χ1) is 13.6. The highest BCUT2D eigenvalue weighted by atomic mass is 19.1. The van der Waals surface area contributed by atoms with Crippen LogP contribution >= 0.6 is 0 Å². The van der Waals surface area contributed by atoms with Crippen LogP contribution in [0.3, 0.4) is 0 Å². The Balaban J connectivity index is 1.45. The number of nitrogens with two attached hydrogens (primary N) is 1. The van der Waals surface area contributed by atoms with E-state index >= 15 is 4.39 Å². The zero-order valence-corrected chi connectivity index (χ0v) is 14.7. The maximum Gasteiger partial charge on any atom is 0.280 e. The molecule has 28 heavy (non-hydrogen) atoms. The van der Waals surface area contributed by atoms with Crippen molar-refractivity contribution >= 4 is 17.1 Å². The van der Waals surface area contributed by atoms with E-state index in [0.717, 1.165) is 5.56 Å². The van der Waals surface area contributed by atoms with Crippen molar-refractivity contribution < 1.29 is 18.6 Å². The van der Waals surface area contributed by atoms with Crippen molar-refractivity contribution in [1.29, 1.82) is 0 Å². The van der Waals surface area contributed by atoms with Crippen LogP contribution in [0.1, 0.15) is 17.9 Å². The number of benzene rings is 1. The molecule has 0 amide bonds. The second-order valence-corrected chi connectivity index (χ2v) is 6.84. The van der Waals surface area contributed by atoms with E-state index < -0.39 is 36.3 Å². The first-order valence-corrected chi connectivity index (χ1v) is 8.92. The monoisotopic (exact) mass is 387 g/mol. The molecule has 2 aromatic heterocycles. The quantitative estimate of drug-likeness (QED) is 0.676. The Morgan fingerprint density at radius 2 is 2.04 bits per heavy atom. The number of rotatable bonds is 2. The van der Waals surface area contributed by atoms with Crippen molar-refractivity contribution in [2.45, 2.75) is 30.7 Å². The molecule has 0 spiro atoms. The van der Waals surface area contributed by atoms with Crippen molar-refractivity contribution in [3.8, 4) is 0 Å². The lowest BCUT2D eigenvalue weighted by molar-refractivity contribution is -0.298. The summed E-state index contributed by atoms with van der Waals surface area (Å²) >= 11 is 0. The van der Waals surface area contributed by atoms with Crippen LogP contribution in [0.25, 0.3) is 11.2 Å². The van der Waals surface area contributed by atoms with Crippen LogP contribution in [0.2, 0.25) is 0 Å². The van der Waals surface area contributed by atoms with E-state index in [-0.39, 0.29) is 30.3 Å². The number of halogens is 1. The van der Waals surface area contributed by atoms with Gasteiger partial charge in [0.15, 0.2) is 23.6 Å². The first-order valence-electron chi connectivity index (χ1n) is 8.92. The van der Waals surface area contributed by atoms with E-state index in [1.807, 2.05) is 30.3 Å². The number of aromatic amines is 1. The summed E-state index contributed by atoms with van der Waals surface area (Å²) in [5, 5.41) is 0. The average molecular weight is 387 g/mol. The second kappa shape index (κ2) is 6.66. The molecule has 3 aromatic rings. The van der Waals surface area contributed by atoms with E-state index in [1.165, 1.54) is 10.9 Å². The van der Waals surface area contributed by atoms with Gasteiger partial charge in [0.1, 0.15) is 12.2 Å². The number of H-pyrrole nitrogens is 1. The fourth-order valence-corrected chi connectivity index (χ4v) is 3.71. The molecule has 0 aliphatic carbocycles. The summed E-state index contributed by atoms with van der Waals surface area (Å²) in [6.07, 6.45) is -2.04. The van der Waals surface area contributed by atoms with Crippen LogP contribution in [-0.4, -0.2) is 51.1 Å². The first kappa shape index (κ1) is 17.3. The number of alkyl halides is 1. The van der Waals surface area contributed by atoms with Crippen molar-refractivity contribution in [2.24, 2.45) is 0 Å². The molecule has 3 N–H and O–H groups in total. The number of ether oxygens (including phenoxy) is 3. The molecule has 1 aromatic carbocycles. The molecule has 0 radical (unpaired) electrons. The fraction of sp³-hybridized carbons (Fsp3) is 0.389. The molecule has 9 nitrogen and oxygen atoms in total. The lowest BCUT2D eigenvalue weighted by Crippen LogP contribution is -2.54. The summed E-state index contributed by atoms with van der Waals surface area (Å²) in [5.74, 6) is -0.0595. The van der Waals surface area contributed by atoms with Crippen LogP contribution in [0.4, 0.5) is 10.3 Å². The largest absolute Gasteiger partial charge is 0.371 e. The molecule has 5 atom stereocenters. The van der Waals surface area contributed by atoms with Crippen LogP contribution in [0.15, 0.2) is 41.5 Å². The number of hydrogen-bond acceptors (Lipinski definition) is 7. The van der Waals surface area contributed by atoms with Gasteiger partial charge in [0.25, 0.3) is 5.56 Å². The highest BCUT2D eigenvalue weighted by Crippen LogP contribution is 2.37. The number of fused-ring (bicyclic) bond motifs is 2. The van der Waals surface area contributed by atoms with E-state index in [0.29, 0.717) is 0 Å². The zero-order valence-electron chi connectivity index (χ0n) is 14.7. The summed E-state index contributed by atoms with van der Waals surface area (Å²) < 4.78 is 34.4. The fourth-order valence-electron chi connectivity index (χ4n) is 3.71. The molecular formula is C18H18FN5O4. The van der Waals surface area contributed by atoms with Gasteiger partial charge in [0.2, 0.25) is 5.95 Å². The molecule has 2 aliphatic heterocycles. The van der Waals surface area contributed by atoms with Crippen molar-refractivity contribution in [1.82, 2.24) is 19.5 Å². The summed E-state index contributed by atoms with van der Waals surface area (Å²) in [5.41, 5.74) is 6.27. The molecule has 146 valence electrons. The zero-order chi connectivity index (χ0) is 19.3. The maximum atomic E-state index is 15.5. The minimum atomic E-state index is -1.41. The van der Waals surface area contributed by atoms with Crippen molar-refractivity contribution in [3.63, 3.8) is 0 Å². The molecule has 4 heterocycles. The van der Waals surface area contributed by atoms with Gasteiger partial charge in [-0.25, -0.2) is 9.37 Å². The van der Waals surface area contributed by atoms with Gasteiger partial charge < -0.3 is 24.5 Å². The van der Waals surface area contributed by atoms with Gasteiger partial charge in [-0.15, -0.1) is 0 Å². The van der Waals surface area contributed by atoms with E-state index in [9.17, 15) is 4.79 Å². The SMILES string of the molecule is Nc1nc2c(ncn2[C@@H]2CO[C@@H]3CO[C@@H](c4ccccc4)OC3[C@H]2F)c(=O)[nH]1. The number of aromatic nitrogens is 4. The Hall–Kier alpha value is -2.82. The predicted octanol–water partition coefficient (Wildman–Crippen LogP) is 1.09. The van der Waals surface area contributed by atoms with Gasteiger partial charge in [-0.2, -0.15) is 4.98 Å². The Kier molecular flexibility index (Phi) is 4.11. The van der Waals surface area contributed by atoms with Gasteiger partial charge in [0.05, 0.1) is 25.6 Å². The summed E-state index contributed by atoms with van der Waals surface area (Å²) in [4.78, 5) is 22.5. The van der Waals surface area contributed by atoms with E-state index in [4.69, 9.17) is 19.9 Å². The number of anilines is 1. The maximum absolute atomic E-state index is 15.5. The highest BCUT2D eigenvalue weighted by Gasteiger charge is 2.47. The van der Waals surface area contributed by atoms with Gasteiger partial charge in [0, 0.05) is 5.56 Å². The second-order valence-electron chi connectivity index (χ2n) is 6.84. The number of nitrogen functional groups attached to an aromatic ring is 1. The molecule has 0 saturated carbocycles. The average Bonchev–Trinajstić information content (AvgIpc) is 3.13. The van der Waals surface area contributed by atoms with Gasteiger partial charge in [-0.3, -0.25) is 9.78 Å². The Bertz CT molecular complexity index is 1060. The van der Waals surface area contributed by atoms with Gasteiger partial charge in [-0.1, -0.05) is 30.3 Å². The molecule has 10 heteroatoms. The number of imidazole rings is 1.